The molecule has 1 aromatic heterocycles. The number of aryl methyl sites for hydroxylation is 1. The summed E-state index contributed by atoms with van der Waals surface area (Å²) in [5.41, 5.74) is 0.718. The molecule has 0 aliphatic rings. The normalized spacial score (nSPS) is 10.8. The fourth-order valence-corrected chi connectivity index (χ4v) is 2.17. The van der Waals surface area contributed by atoms with Crippen LogP contribution in [0.2, 0.25) is 0 Å². The standard InChI is InChI=1S/C14H25N3O2/c1-3-4-5-6-7-8-9-10-11-17-12(2)13(14(18)19)15-16-17/h3-11H2,1-2H3,(H,18,19). The maximum atomic E-state index is 10.8. The third-order valence-corrected chi connectivity index (χ3v) is 3.41. The van der Waals surface area contributed by atoms with E-state index in [1.165, 1.54) is 44.9 Å². The number of aromatic carboxylic acids is 1. The molecule has 0 radical (unpaired) electrons. The van der Waals surface area contributed by atoms with E-state index < -0.39 is 5.97 Å². The largest absolute Gasteiger partial charge is 0.476 e. The van der Waals surface area contributed by atoms with E-state index in [0.29, 0.717) is 5.69 Å². The van der Waals surface area contributed by atoms with Crippen molar-refractivity contribution in [2.75, 3.05) is 0 Å². The van der Waals surface area contributed by atoms with E-state index in [0.717, 1.165) is 13.0 Å². The van der Waals surface area contributed by atoms with Crippen LogP contribution in [0, 0.1) is 6.92 Å². The molecule has 0 saturated heterocycles. The van der Waals surface area contributed by atoms with Crippen LogP contribution in [-0.2, 0) is 6.54 Å². The molecule has 0 unspecified atom stereocenters. The van der Waals surface area contributed by atoms with E-state index >= 15 is 0 Å². The Kier molecular flexibility index (Phi) is 7.15. The lowest BCUT2D eigenvalue weighted by Crippen LogP contribution is -2.04. The van der Waals surface area contributed by atoms with Crippen molar-refractivity contribution in [1.29, 1.82) is 0 Å². The summed E-state index contributed by atoms with van der Waals surface area (Å²) in [6, 6.07) is 0. The van der Waals surface area contributed by atoms with Crippen molar-refractivity contribution in [3.63, 3.8) is 0 Å². The van der Waals surface area contributed by atoms with Gasteiger partial charge in [-0.15, -0.1) is 5.10 Å². The second-order valence-electron chi connectivity index (χ2n) is 5.03. The molecular formula is C14H25N3O2. The second-order valence-corrected chi connectivity index (χ2v) is 5.03. The highest BCUT2D eigenvalue weighted by atomic mass is 16.4. The average molecular weight is 267 g/mol. The van der Waals surface area contributed by atoms with Crippen molar-refractivity contribution in [2.24, 2.45) is 0 Å². The quantitative estimate of drug-likeness (QED) is 0.659. The van der Waals surface area contributed by atoms with Gasteiger partial charge in [-0.25, -0.2) is 9.48 Å². The summed E-state index contributed by atoms with van der Waals surface area (Å²) in [7, 11) is 0. The lowest BCUT2D eigenvalue weighted by atomic mass is 10.1. The highest BCUT2D eigenvalue weighted by Gasteiger charge is 2.14. The first kappa shape index (κ1) is 15.7. The summed E-state index contributed by atoms with van der Waals surface area (Å²) < 4.78 is 1.69. The van der Waals surface area contributed by atoms with E-state index in [-0.39, 0.29) is 5.69 Å². The van der Waals surface area contributed by atoms with E-state index in [4.69, 9.17) is 5.11 Å². The summed E-state index contributed by atoms with van der Waals surface area (Å²) in [6.07, 6.45) is 10.1. The van der Waals surface area contributed by atoms with Crippen LogP contribution in [-0.4, -0.2) is 26.1 Å². The van der Waals surface area contributed by atoms with Gasteiger partial charge in [-0.05, 0) is 13.3 Å². The molecule has 0 aliphatic carbocycles. The van der Waals surface area contributed by atoms with Crippen LogP contribution in [0.3, 0.4) is 0 Å². The predicted molar refractivity (Wildman–Crippen MR) is 74.3 cm³/mol. The number of hydrogen-bond donors (Lipinski definition) is 1. The van der Waals surface area contributed by atoms with Crippen LogP contribution < -0.4 is 0 Å². The molecule has 0 atom stereocenters. The monoisotopic (exact) mass is 267 g/mol. The first-order valence-corrected chi connectivity index (χ1v) is 7.30. The molecule has 0 aromatic carbocycles. The Hall–Kier alpha value is -1.39. The lowest BCUT2D eigenvalue weighted by Gasteiger charge is -2.03. The van der Waals surface area contributed by atoms with Gasteiger partial charge < -0.3 is 5.11 Å². The van der Waals surface area contributed by atoms with Crippen molar-refractivity contribution in [3.05, 3.63) is 11.4 Å². The Morgan fingerprint density at radius 1 is 1.11 bits per heavy atom. The average Bonchev–Trinajstić information content (AvgIpc) is 2.74. The number of unbranched alkanes of at least 4 members (excludes halogenated alkanes) is 7. The predicted octanol–water partition coefficient (Wildman–Crippen LogP) is 3.43. The first-order valence-electron chi connectivity index (χ1n) is 7.30. The number of hydrogen-bond acceptors (Lipinski definition) is 3. The van der Waals surface area contributed by atoms with Crippen LogP contribution in [0.25, 0.3) is 0 Å². The Balaban J connectivity index is 2.14. The molecule has 0 aliphatic heterocycles. The van der Waals surface area contributed by atoms with Gasteiger partial charge in [0.2, 0.25) is 0 Å². The van der Waals surface area contributed by atoms with Crippen molar-refractivity contribution in [2.45, 2.75) is 71.8 Å². The third kappa shape index (κ3) is 5.41. The molecule has 5 heteroatoms. The second kappa shape index (κ2) is 8.67. The van der Waals surface area contributed by atoms with Gasteiger partial charge in [0.25, 0.3) is 0 Å². The van der Waals surface area contributed by atoms with Gasteiger partial charge >= 0.3 is 5.97 Å². The topological polar surface area (TPSA) is 68.0 Å². The Labute approximate surface area is 115 Å². The molecule has 1 heterocycles. The summed E-state index contributed by atoms with van der Waals surface area (Å²) in [4.78, 5) is 10.8. The van der Waals surface area contributed by atoms with Gasteiger partial charge in [-0.1, -0.05) is 57.1 Å². The summed E-state index contributed by atoms with van der Waals surface area (Å²) in [5.74, 6) is -1.00. The number of carboxylic acid groups (broad SMARTS) is 1. The van der Waals surface area contributed by atoms with Crippen LogP contribution in [0.5, 0.6) is 0 Å². The van der Waals surface area contributed by atoms with E-state index in [1.807, 2.05) is 0 Å². The SMILES string of the molecule is CCCCCCCCCCn1nnc(C(=O)O)c1C. The minimum atomic E-state index is -1.00. The minimum Gasteiger partial charge on any atom is -0.476 e. The van der Waals surface area contributed by atoms with E-state index in [1.54, 1.807) is 11.6 Å². The first-order chi connectivity index (χ1) is 9.16. The summed E-state index contributed by atoms with van der Waals surface area (Å²) >= 11 is 0. The summed E-state index contributed by atoms with van der Waals surface area (Å²) in [6.45, 7) is 4.75. The zero-order chi connectivity index (χ0) is 14.1. The van der Waals surface area contributed by atoms with Gasteiger partial charge in [-0.2, -0.15) is 0 Å². The Morgan fingerprint density at radius 2 is 1.68 bits per heavy atom. The number of rotatable bonds is 10. The number of aromatic nitrogens is 3. The Bertz CT molecular complexity index is 388. The lowest BCUT2D eigenvalue weighted by molar-refractivity contribution is 0.0689. The van der Waals surface area contributed by atoms with Crippen LogP contribution in [0.15, 0.2) is 0 Å². The zero-order valence-electron chi connectivity index (χ0n) is 12.1. The fraction of sp³-hybridized carbons (Fsp3) is 0.786. The fourth-order valence-electron chi connectivity index (χ4n) is 2.17. The van der Waals surface area contributed by atoms with Gasteiger partial charge in [0.05, 0.1) is 5.69 Å². The molecule has 1 rings (SSSR count). The molecule has 19 heavy (non-hydrogen) atoms. The summed E-state index contributed by atoms with van der Waals surface area (Å²) in [5, 5.41) is 16.4. The van der Waals surface area contributed by atoms with Gasteiger partial charge in [0.1, 0.15) is 0 Å². The maximum Gasteiger partial charge on any atom is 0.358 e. The van der Waals surface area contributed by atoms with Gasteiger partial charge in [0, 0.05) is 6.54 Å². The van der Waals surface area contributed by atoms with Crippen LogP contribution in [0.1, 0.15) is 74.5 Å². The molecule has 0 spiro atoms. The van der Waals surface area contributed by atoms with Crippen molar-refractivity contribution in [3.8, 4) is 0 Å². The van der Waals surface area contributed by atoms with E-state index in [9.17, 15) is 4.79 Å². The van der Waals surface area contributed by atoms with Gasteiger partial charge in [-0.3, -0.25) is 0 Å². The third-order valence-electron chi connectivity index (χ3n) is 3.41. The zero-order valence-corrected chi connectivity index (χ0v) is 12.1. The van der Waals surface area contributed by atoms with Crippen molar-refractivity contribution in [1.82, 2.24) is 15.0 Å². The molecule has 5 nitrogen and oxygen atoms in total. The molecule has 0 amide bonds. The molecule has 0 bridgehead atoms. The molecule has 0 fully saturated rings. The van der Waals surface area contributed by atoms with Crippen LogP contribution in [0.4, 0.5) is 0 Å². The minimum absolute atomic E-state index is 0.0690. The Morgan fingerprint density at radius 3 is 2.21 bits per heavy atom. The highest BCUT2D eigenvalue weighted by Crippen LogP contribution is 2.10. The number of carbonyl (C=O) groups is 1. The molecular weight excluding hydrogens is 242 g/mol. The number of carboxylic acids is 1. The maximum absolute atomic E-state index is 10.8. The molecule has 1 aromatic rings. The van der Waals surface area contributed by atoms with Crippen molar-refractivity contribution < 1.29 is 9.90 Å². The molecule has 108 valence electrons. The van der Waals surface area contributed by atoms with E-state index in [2.05, 4.69) is 17.2 Å². The smallest absolute Gasteiger partial charge is 0.358 e. The van der Waals surface area contributed by atoms with Crippen LogP contribution >= 0.6 is 0 Å². The van der Waals surface area contributed by atoms with Gasteiger partial charge in [0.15, 0.2) is 5.69 Å². The number of nitrogens with zero attached hydrogens (tertiary/aromatic N) is 3. The van der Waals surface area contributed by atoms with Crippen molar-refractivity contribution >= 4 is 5.97 Å². The molecule has 0 saturated carbocycles. The highest BCUT2D eigenvalue weighted by molar-refractivity contribution is 5.86. The molecule has 1 N–H and O–H groups in total.